The Bertz CT molecular complexity index is 877. The molecule has 2 amide bonds. The van der Waals surface area contributed by atoms with E-state index in [9.17, 15) is 18.0 Å². The molecule has 1 aliphatic rings. The number of hydrogen-bond acceptors (Lipinski definition) is 5. The molecular weight excluding hydrogens is 348 g/mol. The highest BCUT2D eigenvalue weighted by atomic mass is 32.2. The molecule has 0 fully saturated rings. The highest BCUT2D eigenvalue weighted by Gasteiger charge is 2.19. The molecule has 0 saturated heterocycles. The van der Waals surface area contributed by atoms with Crippen LogP contribution in [0, 0.1) is 0 Å². The Labute approximate surface area is 143 Å². The number of nitrogens with one attached hydrogen (secondary N) is 2. The summed E-state index contributed by atoms with van der Waals surface area (Å²) in [5, 5.41) is 0. The van der Waals surface area contributed by atoms with Gasteiger partial charge < -0.3 is 0 Å². The standard InChI is InChI=1S/C16H16N2O4S2/c1-24(21,22)12-7-5-10(6-8-12)15(19)17-18-16(20)14-9-11-3-2-4-13(11)23-14/h5-9H,2-4H2,1H3,(H,17,19)(H,18,20). The highest BCUT2D eigenvalue weighted by Crippen LogP contribution is 2.30. The average molecular weight is 364 g/mol. The second kappa shape index (κ2) is 6.37. The molecule has 126 valence electrons. The van der Waals surface area contributed by atoms with Crippen LogP contribution in [-0.2, 0) is 22.7 Å². The number of fused-ring (bicyclic) bond motifs is 1. The van der Waals surface area contributed by atoms with Gasteiger partial charge in [-0.15, -0.1) is 11.3 Å². The van der Waals surface area contributed by atoms with E-state index < -0.39 is 15.7 Å². The summed E-state index contributed by atoms with van der Waals surface area (Å²) in [6.07, 6.45) is 4.23. The molecule has 1 aromatic carbocycles. The quantitative estimate of drug-likeness (QED) is 0.811. The van der Waals surface area contributed by atoms with Crippen LogP contribution >= 0.6 is 11.3 Å². The lowest BCUT2D eigenvalue weighted by molar-refractivity contribution is 0.0849. The van der Waals surface area contributed by atoms with E-state index in [0.717, 1.165) is 25.5 Å². The molecule has 1 aromatic heterocycles. The van der Waals surface area contributed by atoms with Gasteiger partial charge in [-0.1, -0.05) is 0 Å². The third-order valence-corrected chi connectivity index (χ3v) is 6.17. The predicted octanol–water partition coefficient (Wildman–Crippen LogP) is 1.72. The van der Waals surface area contributed by atoms with Gasteiger partial charge in [0.2, 0.25) is 0 Å². The highest BCUT2D eigenvalue weighted by molar-refractivity contribution is 7.90. The molecule has 6 nitrogen and oxygen atoms in total. The largest absolute Gasteiger partial charge is 0.279 e. The zero-order valence-electron chi connectivity index (χ0n) is 13.0. The van der Waals surface area contributed by atoms with Gasteiger partial charge in [0.15, 0.2) is 9.84 Å². The fourth-order valence-electron chi connectivity index (χ4n) is 2.54. The smallest absolute Gasteiger partial charge is 0.267 e. The molecule has 1 heterocycles. The van der Waals surface area contributed by atoms with Gasteiger partial charge in [-0.3, -0.25) is 20.4 Å². The second-order valence-electron chi connectivity index (χ2n) is 5.62. The first-order chi connectivity index (χ1) is 11.3. The van der Waals surface area contributed by atoms with Gasteiger partial charge in [-0.05, 0) is 55.2 Å². The number of thiophene rings is 1. The summed E-state index contributed by atoms with van der Waals surface area (Å²) in [6, 6.07) is 7.39. The molecule has 2 N–H and O–H groups in total. The summed E-state index contributed by atoms with van der Waals surface area (Å²) >= 11 is 1.45. The average Bonchev–Trinajstić information content (AvgIpc) is 3.13. The van der Waals surface area contributed by atoms with Crippen molar-refractivity contribution in [1.82, 2.24) is 10.9 Å². The normalized spacial score (nSPS) is 13.4. The lowest BCUT2D eigenvalue weighted by atomic mass is 10.2. The van der Waals surface area contributed by atoms with Crippen molar-refractivity contribution < 1.29 is 18.0 Å². The number of sulfone groups is 1. The van der Waals surface area contributed by atoms with Crippen molar-refractivity contribution >= 4 is 33.0 Å². The summed E-state index contributed by atoms with van der Waals surface area (Å²) < 4.78 is 22.8. The van der Waals surface area contributed by atoms with Crippen LogP contribution in [0.3, 0.4) is 0 Å². The summed E-state index contributed by atoms with van der Waals surface area (Å²) in [6.45, 7) is 0. The van der Waals surface area contributed by atoms with E-state index in [0.29, 0.717) is 4.88 Å². The molecular formula is C16H16N2O4S2. The van der Waals surface area contributed by atoms with Crippen molar-refractivity contribution in [2.75, 3.05) is 6.26 Å². The van der Waals surface area contributed by atoms with Gasteiger partial charge in [-0.25, -0.2) is 8.42 Å². The second-order valence-corrected chi connectivity index (χ2v) is 8.77. The number of carbonyl (C=O) groups excluding carboxylic acids is 2. The van der Waals surface area contributed by atoms with Crippen LogP contribution in [-0.4, -0.2) is 26.5 Å². The van der Waals surface area contributed by atoms with Crippen molar-refractivity contribution in [2.45, 2.75) is 24.2 Å². The maximum atomic E-state index is 12.1. The van der Waals surface area contributed by atoms with Gasteiger partial charge in [0, 0.05) is 16.7 Å². The van der Waals surface area contributed by atoms with E-state index in [2.05, 4.69) is 10.9 Å². The number of hydrogen-bond donors (Lipinski definition) is 2. The first-order valence-corrected chi connectivity index (χ1v) is 10.1. The molecule has 3 rings (SSSR count). The summed E-state index contributed by atoms with van der Waals surface area (Å²) in [5.41, 5.74) is 6.20. The van der Waals surface area contributed by atoms with E-state index >= 15 is 0 Å². The van der Waals surface area contributed by atoms with Crippen LogP contribution in [0.5, 0.6) is 0 Å². The maximum absolute atomic E-state index is 12.1. The molecule has 0 bridgehead atoms. The molecule has 0 aliphatic heterocycles. The Balaban J connectivity index is 1.61. The molecule has 0 saturated carbocycles. The zero-order valence-corrected chi connectivity index (χ0v) is 14.6. The van der Waals surface area contributed by atoms with E-state index in [4.69, 9.17) is 0 Å². The predicted molar refractivity (Wildman–Crippen MR) is 90.8 cm³/mol. The van der Waals surface area contributed by atoms with E-state index in [1.165, 1.54) is 46.0 Å². The van der Waals surface area contributed by atoms with Crippen LogP contribution < -0.4 is 10.9 Å². The van der Waals surface area contributed by atoms with Gasteiger partial charge in [0.25, 0.3) is 11.8 Å². The number of hydrazine groups is 1. The van der Waals surface area contributed by atoms with Crippen molar-refractivity contribution in [3.63, 3.8) is 0 Å². The molecule has 0 radical (unpaired) electrons. The lowest BCUT2D eigenvalue weighted by Gasteiger charge is -2.07. The van der Waals surface area contributed by atoms with Gasteiger partial charge >= 0.3 is 0 Å². The summed E-state index contributed by atoms with van der Waals surface area (Å²) in [7, 11) is -3.31. The minimum absolute atomic E-state index is 0.135. The SMILES string of the molecule is CS(=O)(=O)c1ccc(C(=O)NNC(=O)c2cc3c(s2)CCC3)cc1. The molecule has 2 aromatic rings. The lowest BCUT2D eigenvalue weighted by Crippen LogP contribution is -2.41. The first kappa shape index (κ1) is 16.7. The van der Waals surface area contributed by atoms with E-state index in [-0.39, 0.29) is 16.4 Å². The Morgan fingerprint density at radius 2 is 1.71 bits per heavy atom. The van der Waals surface area contributed by atoms with Crippen molar-refractivity contribution in [1.29, 1.82) is 0 Å². The Morgan fingerprint density at radius 3 is 2.33 bits per heavy atom. The van der Waals surface area contributed by atoms with Gasteiger partial charge in [-0.2, -0.15) is 0 Å². The molecule has 0 unspecified atom stereocenters. The molecule has 1 aliphatic carbocycles. The fourth-order valence-corrected chi connectivity index (χ4v) is 4.32. The van der Waals surface area contributed by atoms with E-state index in [1.807, 2.05) is 6.07 Å². The maximum Gasteiger partial charge on any atom is 0.279 e. The van der Waals surface area contributed by atoms with Crippen LogP contribution in [0.25, 0.3) is 0 Å². The summed E-state index contributed by atoms with van der Waals surface area (Å²) in [5.74, 6) is -0.858. The van der Waals surface area contributed by atoms with Gasteiger partial charge in [0.1, 0.15) is 0 Å². The zero-order chi connectivity index (χ0) is 17.3. The van der Waals surface area contributed by atoms with Crippen LogP contribution in [0.1, 0.15) is 36.9 Å². The first-order valence-electron chi connectivity index (χ1n) is 7.37. The number of aryl methyl sites for hydroxylation is 2. The van der Waals surface area contributed by atoms with Crippen LogP contribution in [0.2, 0.25) is 0 Å². The molecule has 0 spiro atoms. The number of amides is 2. The van der Waals surface area contributed by atoms with Crippen molar-refractivity contribution in [3.8, 4) is 0 Å². The van der Waals surface area contributed by atoms with Crippen molar-refractivity contribution in [3.05, 3.63) is 51.2 Å². The van der Waals surface area contributed by atoms with Crippen LogP contribution in [0.15, 0.2) is 35.2 Å². The Kier molecular flexibility index (Phi) is 4.42. The van der Waals surface area contributed by atoms with Gasteiger partial charge in [0.05, 0.1) is 9.77 Å². The Morgan fingerprint density at radius 1 is 1.04 bits per heavy atom. The third-order valence-electron chi connectivity index (χ3n) is 3.80. The topological polar surface area (TPSA) is 92.3 Å². The van der Waals surface area contributed by atoms with Crippen molar-refractivity contribution in [2.24, 2.45) is 0 Å². The van der Waals surface area contributed by atoms with E-state index in [1.54, 1.807) is 0 Å². The fraction of sp³-hybridized carbons (Fsp3) is 0.250. The Hall–Kier alpha value is -2.19. The minimum Gasteiger partial charge on any atom is -0.267 e. The minimum atomic E-state index is -3.31. The monoisotopic (exact) mass is 364 g/mol. The van der Waals surface area contributed by atoms with Crippen LogP contribution in [0.4, 0.5) is 0 Å². The molecule has 24 heavy (non-hydrogen) atoms. The molecule has 8 heteroatoms. The molecule has 0 atom stereocenters. The number of rotatable bonds is 3. The number of carbonyl (C=O) groups is 2. The summed E-state index contributed by atoms with van der Waals surface area (Å²) in [4.78, 5) is 26.0. The number of benzene rings is 1. The third kappa shape index (κ3) is 3.49.